The largest absolute Gasteiger partial charge is 0.256 e. The van der Waals surface area contributed by atoms with Gasteiger partial charge in [-0.05, 0) is 83.9 Å². The second-order valence-electron chi connectivity index (χ2n) is 12.7. The maximum absolute atomic E-state index is 5.44. The van der Waals surface area contributed by atoms with Crippen molar-refractivity contribution >= 4 is 0 Å². The fourth-order valence-corrected chi connectivity index (χ4v) is 6.79. The smallest absolute Gasteiger partial charge is 0.0893 e. The van der Waals surface area contributed by atoms with E-state index in [-0.39, 0.29) is 0 Å². The van der Waals surface area contributed by atoms with Crippen molar-refractivity contribution in [1.82, 2.24) is 29.9 Å². The molecule has 6 aromatic heterocycles. The summed E-state index contributed by atoms with van der Waals surface area (Å²) in [5.41, 5.74) is 14.5. The molecule has 0 atom stereocenters. The Morgan fingerprint density at radius 3 is 0.963 bits per heavy atom. The van der Waals surface area contributed by atoms with Crippen molar-refractivity contribution in [2.24, 2.45) is 0 Å². The first-order valence-corrected chi connectivity index (χ1v) is 17.8. The summed E-state index contributed by atoms with van der Waals surface area (Å²) in [6.45, 7) is 0. The van der Waals surface area contributed by atoms with E-state index in [0.29, 0.717) is 0 Å². The summed E-state index contributed by atoms with van der Waals surface area (Å²) in [6, 6.07) is 59.3. The standard InChI is InChI=1S/C48H32N6/c1-2-16-35(40-21-7-10-28-49-40)34(15-1)33-31-47(38-19-5-3-17-36(38)41-24-13-26-45(52-41)43-22-8-11-29-50-43)54-48(32-33)39-20-6-4-18-37(39)42-25-14-27-46(53-42)44-23-9-12-30-51-44/h1-32H. The van der Waals surface area contributed by atoms with Gasteiger partial charge >= 0.3 is 0 Å². The molecule has 0 radical (unpaired) electrons. The molecule has 54 heavy (non-hydrogen) atoms. The van der Waals surface area contributed by atoms with Gasteiger partial charge < -0.3 is 0 Å². The monoisotopic (exact) mass is 692 g/mol. The van der Waals surface area contributed by atoms with Gasteiger partial charge in [-0.1, -0.05) is 103 Å². The van der Waals surface area contributed by atoms with Crippen LogP contribution in [0.15, 0.2) is 195 Å². The van der Waals surface area contributed by atoms with Gasteiger partial charge in [-0.3, -0.25) is 15.0 Å². The lowest BCUT2D eigenvalue weighted by atomic mass is 9.92. The number of aromatic nitrogens is 6. The van der Waals surface area contributed by atoms with E-state index in [1.807, 2.05) is 109 Å². The van der Waals surface area contributed by atoms with Crippen molar-refractivity contribution in [3.8, 4) is 90.2 Å². The topological polar surface area (TPSA) is 77.3 Å². The third kappa shape index (κ3) is 6.56. The molecule has 0 fully saturated rings. The minimum absolute atomic E-state index is 0.809. The van der Waals surface area contributed by atoms with Crippen molar-refractivity contribution in [1.29, 1.82) is 0 Å². The molecule has 0 unspecified atom stereocenters. The Morgan fingerprint density at radius 2 is 0.537 bits per heavy atom. The molecule has 0 aliphatic rings. The lowest BCUT2D eigenvalue weighted by molar-refractivity contribution is 1.24. The van der Waals surface area contributed by atoms with Crippen LogP contribution in [-0.4, -0.2) is 29.9 Å². The van der Waals surface area contributed by atoms with Crippen LogP contribution in [0.5, 0.6) is 0 Å². The van der Waals surface area contributed by atoms with E-state index >= 15 is 0 Å². The van der Waals surface area contributed by atoms with Gasteiger partial charge in [-0.25, -0.2) is 15.0 Å². The third-order valence-corrected chi connectivity index (χ3v) is 9.32. The third-order valence-electron chi connectivity index (χ3n) is 9.32. The number of benzene rings is 3. The normalized spacial score (nSPS) is 11.0. The van der Waals surface area contributed by atoms with Gasteiger partial charge in [-0.15, -0.1) is 0 Å². The summed E-state index contributed by atoms with van der Waals surface area (Å²) in [5, 5.41) is 0. The van der Waals surface area contributed by atoms with E-state index in [9.17, 15) is 0 Å². The van der Waals surface area contributed by atoms with E-state index in [0.717, 1.165) is 90.2 Å². The predicted octanol–water partition coefficient (Wildman–Crippen LogP) is 11.4. The molecule has 0 aliphatic heterocycles. The van der Waals surface area contributed by atoms with Gasteiger partial charge in [0, 0.05) is 46.4 Å². The average molecular weight is 693 g/mol. The predicted molar refractivity (Wildman–Crippen MR) is 217 cm³/mol. The van der Waals surface area contributed by atoms with Crippen molar-refractivity contribution in [2.45, 2.75) is 0 Å². The minimum Gasteiger partial charge on any atom is -0.256 e. The van der Waals surface area contributed by atoms with Crippen LogP contribution in [0.4, 0.5) is 0 Å². The maximum atomic E-state index is 5.44. The Morgan fingerprint density at radius 1 is 0.222 bits per heavy atom. The Bertz CT molecular complexity index is 2570. The summed E-state index contributed by atoms with van der Waals surface area (Å²) in [5.74, 6) is 0. The highest BCUT2D eigenvalue weighted by Crippen LogP contribution is 2.40. The highest BCUT2D eigenvalue weighted by molar-refractivity contribution is 5.90. The summed E-state index contributed by atoms with van der Waals surface area (Å²) in [4.78, 5) is 29.5. The van der Waals surface area contributed by atoms with E-state index in [1.54, 1.807) is 12.4 Å². The molecule has 9 rings (SSSR count). The Balaban J connectivity index is 1.25. The van der Waals surface area contributed by atoms with Crippen LogP contribution < -0.4 is 0 Å². The number of hydrogen-bond donors (Lipinski definition) is 0. The number of pyridine rings is 6. The molecule has 6 heterocycles. The molecule has 9 aromatic rings. The van der Waals surface area contributed by atoms with Crippen LogP contribution in [0.3, 0.4) is 0 Å². The van der Waals surface area contributed by atoms with Crippen LogP contribution in [-0.2, 0) is 0 Å². The molecular weight excluding hydrogens is 661 g/mol. The van der Waals surface area contributed by atoms with E-state index in [1.165, 1.54) is 0 Å². The second-order valence-corrected chi connectivity index (χ2v) is 12.7. The first-order valence-electron chi connectivity index (χ1n) is 17.8. The van der Waals surface area contributed by atoms with Crippen molar-refractivity contribution in [2.75, 3.05) is 0 Å². The highest BCUT2D eigenvalue weighted by atomic mass is 14.8. The zero-order chi connectivity index (χ0) is 36.1. The van der Waals surface area contributed by atoms with Crippen molar-refractivity contribution in [3.05, 3.63) is 195 Å². The van der Waals surface area contributed by atoms with Gasteiger partial charge in [0.1, 0.15) is 0 Å². The number of rotatable bonds is 8. The van der Waals surface area contributed by atoms with Crippen LogP contribution in [0, 0.1) is 0 Å². The highest BCUT2D eigenvalue weighted by Gasteiger charge is 2.18. The zero-order valence-corrected chi connectivity index (χ0v) is 29.2. The van der Waals surface area contributed by atoms with Crippen LogP contribution in [0.2, 0.25) is 0 Å². The molecule has 0 amide bonds. The molecule has 0 N–H and O–H groups in total. The molecule has 0 saturated heterocycles. The molecule has 6 heteroatoms. The van der Waals surface area contributed by atoms with Gasteiger partial charge in [0.15, 0.2) is 0 Å². The Hall–Kier alpha value is -7.44. The van der Waals surface area contributed by atoms with E-state index in [2.05, 4.69) is 82.8 Å². The molecule has 0 spiro atoms. The minimum atomic E-state index is 0.809. The van der Waals surface area contributed by atoms with E-state index < -0.39 is 0 Å². The Labute approximate surface area is 313 Å². The van der Waals surface area contributed by atoms with Gasteiger partial charge in [0.05, 0.1) is 51.2 Å². The molecule has 0 saturated carbocycles. The average Bonchev–Trinajstić information content (AvgIpc) is 3.27. The first kappa shape index (κ1) is 32.5. The lowest BCUT2D eigenvalue weighted by Crippen LogP contribution is -1.97. The second kappa shape index (κ2) is 14.7. The molecule has 3 aromatic carbocycles. The van der Waals surface area contributed by atoms with Gasteiger partial charge in [-0.2, -0.15) is 0 Å². The van der Waals surface area contributed by atoms with Gasteiger partial charge in [0.25, 0.3) is 0 Å². The van der Waals surface area contributed by atoms with Crippen molar-refractivity contribution < 1.29 is 0 Å². The fraction of sp³-hybridized carbons (Fsp3) is 0. The number of hydrogen-bond acceptors (Lipinski definition) is 6. The SMILES string of the molecule is c1ccc(-c2cccc(-c3ccccc3-c3cc(-c4ccccc4-c4ccccn4)cc(-c4ccccc4-c4cccc(-c5ccccn5)n4)n3)n2)nc1. The lowest BCUT2D eigenvalue weighted by Gasteiger charge is -2.17. The van der Waals surface area contributed by atoms with Crippen LogP contribution in [0.25, 0.3) is 90.2 Å². The summed E-state index contributed by atoms with van der Waals surface area (Å²) in [7, 11) is 0. The maximum Gasteiger partial charge on any atom is 0.0893 e. The van der Waals surface area contributed by atoms with Crippen LogP contribution >= 0.6 is 0 Å². The molecule has 0 bridgehead atoms. The summed E-state index contributed by atoms with van der Waals surface area (Å²) < 4.78 is 0. The molecule has 6 nitrogen and oxygen atoms in total. The molecule has 254 valence electrons. The Kier molecular flexibility index (Phi) is 8.81. The molecule has 0 aliphatic carbocycles. The zero-order valence-electron chi connectivity index (χ0n) is 29.2. The van der Waals surface area contributed by atoms with E-state index in [4.69, 9.17) is 19.9 Å². The fourth-order valence-electron chi connectivity index (χ4n) is 6.79. The first-order chi connectivity index (χ1) is 26.8. The van der Waals surface area contributed by atoms with Crippen molar-refractivity contribution in [3.63, 3.8) is 0 Å². The molecular formula is C48H32N6. The number of nitrogens with zero attached hydrogens (tertiary/aromatic N) is 6. The quantitative estimate of drug-likeness (QED) is 0.158. The van der Waals surface area contributed by atoms with Gasteiger partial charge in [0.2, 0.25) is 0 Å². The van der Waals surface area contributed by atoms with Crippen LogP contribution in [0.1, 0.15) is 0 Å². The summed E-state index contributed by atoms with van der Waals surface area (Å²) in [6.07, 6.45) is 5.42. The summed E-state index contributed by atoms with van der Waals surface area (Å²) >= 11 is 0.